The summed E-state index contributed by atoms with van der Waals surface area (Å²) in [6.07, 6.45) is 0. The van der Waals surface area contributed by atoms with Gasteiger partial charge >= 0.3 is 0 Å². The van der Waals surface area contributed by atoms with Gasteiger partial charge in [-0.3, -0.25) is 0 Å². The summed E-state index contributed by atoms with van der Waals surface area (Å²) in [6.45, 7) is 0. The third-order valence-electron chi connectivity index (χ3n) is 2.14. The van der Waals surface area contributed by atoms with E-state index in [1.165, 1.54) is 0 Å². The van der Waals surface area contributed by atoms with Gasteiger partial charge in [0.25, 0.3) is 0 Å². The van der Waals surface area contributed by atoms with Crippen molar-refractivity contribution in [2.24, 2.45) is 0 Å². The minimum atomic E-state index is 0.368. The van der Waals surface area contributed by atoms with Crippen LogP contribution < -0.4 is 9.47 Å². The van der Waals surface area contributed by atoms with Crippen LogP contribution in [0.15, 0.2) is 36.4 Å². The number of methoxy groups -OCH3 is 2. The Morgan fingerprint density at radius 1 is 1.00 bits per heavy atom. The van der Waals surface area contributed by atoms with Gasteiger partial charge in [-0.2, -0.15) is 0 Å². The molecule has 0 aliphatic carbocycles. The first-order valence-electron chi connectivity index (χ1n) is 4.88. The van der Waals surface area contributed by atoms with E-state index in [0.717, 1.165) is 10.8 Å². The van der Waals surface area contributed by atoms with Crippen molar-refractivity contribution in [3.63, 3.8) is 0 Å². The molecule has 72 valence electrons. The predicted molar refractivity (Wildman–Crippen MR) is 57.1 cm³/mol. The zero-order chi connectivity index (χ0) is 10.8. The molecule has 0 radical (unpaired) electrons. The summed E-state index contributed by atoms with van der Waals surface area (Å²) in [5, 5.41) is 1.86. The van der Waals surface area contributed by atoms with Gasteiger partial charge in [0, 0.05) is 0 Å². The molecule has 2 nitrogen and oxygen atoms in total. The molecular weight excluding hydrogens is 176 g/mol. The van der Waals surface area contributed by atoms with Crippen LogP contribution >= 0.6 is 0 Å². The van der Waals surface area contributed by atoms with Crippen molar-refractivity contribution in [3.8, 4) is 11.5 Å². The highest BCUT2D eigenvalue weighted by atomic mass is 16.5. The molecule has 0 unspecified atom stereocenters. The first kappa shape index (κ1) is 7.68. The number of rotatable bonds is 2. The lowest BCUT2D eigenvalue weighted by molar-refractivity contribution is 0.356. The Morgan fingerprint density at radius 3 is 2.29 bits per heavy atom. The van der Waals surface area contributed by atoms with Crippen molar-refractivity contribution in [2.45, 2.75) is 0 Å². The standard InChI is InChI=1S/C12H12O2/c1-13-11-7-9-5-3-4-6-10(9)8-12(11)14-2/h3-8H,1-2H3/i7D. The van der Waals surface area contributed by atoms with Crippen molar-refractivity contribution in [1.82, 2.24) is 0 Å². The number of ether oxygens (including phenoxy) is 2. The zero-order valence-corrected chi connectivity index (χ0v) is 8.20. The fourth-order valence-corrected chi connectivity index (χ4v) is 1.43. The van der Waals surface area contributed by atoms with E-state index in [0.29, 0.717) is 17.5 Å². The number of benzene rings is 2. The Hall–Kier alpha value is -1.70. The summed E-state index contributed by atoms with van der Waals surface area (Å²) < 4.78 is 18.3. The molecule has 0 aliphatic rings. The Morgan fingerprint density at radius 2 is 1.64 bits per heavy atom. The number of hydrogen-bond donors (Lipinski definition) is 0. The van der Waals surface area contributed by atoms with Crippen LogP contribution in [0, 0.1) is 0 Å². The summed E-state index contributed by atoms with van der Waals surface area (Å²) in [7, 11) is 3.12. The van der Waals surface area contributed by atoms with Gasteiger partial charge in [0.05, 0.1) is 15.6 Å². The molecule has 0 bridgehead atoms. The van der Waals surface area contributed by atoms with Crippen molar-refractivity contribution in [3.05, 3.63) is 36.4 Å². The lowest BCUT2D eigenvalue weighted by Gasteiger charge is -2.08. The molecule has 2 heteroatoms. The molecule has 2 aromatic carbocycles. The normalized spacial score (nSPS) is 11.1. The maximum absolute atomic E-state index is 7.98. The first-order chi connectivity index (χ1) is 7.27. The Balaban J connectivity index is 2.81. The third kappa shape index (κ3) is 1.39. The molecule has 0 saturated carbocycles. The van der Waals surface area contributed by atoms with Gasteiger partial charge in [0.2, 0.25) is 0 Å². The maximum Gasteiger partial charge on any atom is 0.161 e. The average molecular weight is 189 g/mol. The Bertz CT molecular complexity index is 494. The maximum atomic E-state index is 7.98. The zero-order valence-electron chi connectivity index (χ0n) is 9.20. The van der Waals surface area contributed by atoms with E-state index < -0.39 is 0 Å². The molecule has 0 fully saturated rings. The fraction of sp³-hybridized carbons (Fsp3) is 0.167. The van der Waals surface area contributed by atoms with Crippen LogP contribution in [0.25, 0.3) is 10.8 Å². The molecule has 0 saturated heterocycles. The lowest BCUT2D eigenvalue weighted by atomic mass is 10.1. The van der Waals surface area contributed by atoms with Crippen LogP contribution in [0.3, 0.4) is 0 Å². The molecule has 2 rings (SSSR count). The van der Waals surface area contributed by atoms with E-state index in [2.05, 4.69) is 0 Å². The summed E-state index contributed by atoms with van der Waals surface area (Å²) >= 11 is 0. The largest absolute Gasteiger partial charge is 0.493 e. The highest BCUT2D eigenvalue weighted by Gasteiger charge is 2.04. The van der Waals surface area contributed by atoms with Gasteiger partial charge in [0.15, 0.2) is 11.5 Å². The third-order valence-corrected chi connectivity index (χ3v) is 2.14. The summed E-state index contributed by atoms with van der Waals surface area (Å²) in [5.41, 5.74) is 0. The quantitative estimate of drug-likeness (QED) is 0.723. The monoisotopic (exact) mass is 189 g/mol. The second kappa shape index (κ2) is 3.58. The minimum absolute atomic E-state index is 0.368. The second-order valence-corrected chi connectivity index (χ2v) is 2.96. The SMILES string of the molecule is [2H]c1c(OC)c(OC)cc2ccccc12. The highest BCUT2D eigenvalue weighted by Crippen LogP contribution is 2.31. The van der Waals surface area contributed by atoms with Crippen LogP contribution in [0.2, 0.25) is 0 Å². The smallest absolute Gasteiger partial charge is 0.161 e. The molecule has 0 heterocycles. The Kier molecular flexibility index (Phi) is 1.96. The first-order valence-corrected chi connectivity index (χ1v) is 4.38. The van der Waals surface area contributed by atoms with Crippen molar-refractivity contribution in [2.75, 3.05) is 14.2 Å². The van der Waals surface area contributed by atoms with Crippen molar-refractivity contribution < 1.29 is 10.8 Å². The summed E-state index contributed by atoms with van der Waals surface area (Å²) in [4.78, 5) is 0. The molecule has 0 amide bonds. The van der Waals surface area contributed by atoms with Gasteiger partial charge in [-0.25, -0.2) is 0 Å². The molecule has 2 aromatic rings. The van der Waals surface area contributed by atoms with E-state index in [-0.39, 0.29) is 0 Å². The van der Waals surface area contributed by atoms with Crippen LogP contribution in [-0.4, -0.2) is 14.2 Å². The highest BCUT2D eigenvalue weighted by molar-refractivity contribution is 5.86. The van der Waals surface area contributed by atoms with E-state index in [1.54, 1.807) is 14.2 Å². The summed E-state index contributed by atoms with van der Waals surface area (Å²) in [6, 6.07) is 9.95. The van der Waals surface area contributed by atoms with Crippen molar-refractivity contribution in [1.29, 1.82) is 0 Å². The molecule has 0 aromatic heterocycles. The molecular formula is C12H12O2. The van der Waals surface area contributed by atoms with Crippen LogP contribution in [0.4, 0.5) is 0 Å². The van der Waals surface area contributed by atoms with Gasteiger partial charge in [-0.05, 0) is 22.9 Å². The van der Waals surface area contributed by atoms with Crippen LogP contribution in [0.5, 0.6) is 11.5 Å². The lowest BCUT2D eigenvalue weighted by Crippen LogP contribution is -1.90. The van der Waals surface area contributed by atoms with E-state index >= 15 is 0 Å². The average Bonchev–Trinajstić information content (AvgIpc) is 2.29. The Labute approximate surface area is 84.5 Å². The molecule has 0 N–H and O–H groups in total. The molecule has 0 aliphatic heterocycles. The number of fused-ring (bicyclic) bond motifs is 1. The van der Waals surface area contributed by atoms with Crippen molar-refractivity contribution >= 4 is 10.8 Å². The fourth-order valence-electron chi connectivity index (χ4n) is 1.43. The van der Waals surface area contributed by atoms with Gasteiger partial charge in [-0.15, -0.1) is 0 Å². The summed E-state index contributed by atoms with van der Waals surface area (Å²) in [5.74, 6) is 1.08. The van der Waals surface area contributed by atoms with Gasteiger partial charge < -0.3 is 9.47 Å². The number of hydrogen-bond acceptors (Lipinski definition) is 2. The van der Waals surface area contributed by atoms with Crippen LogP contribution in [-0.2, 0) is 0 Å². The van der Waals surface area contributed by atoms with Gasteiger partial charge in [-0.1, -0.05) is 24.3 Å². The molecule has 0 spiro atoms. The molecule has 0 atom stereocenters. The minimum Gasteiger partial charge on any atom is -0.493 e. The van der Waals surface area contributed by atoms with Gasteiger partial charge in [0.1, 0.15) is 0 Å². The van der Waals surface area contributed by atoms with E-state index in [9.17, 15) is 0 Å². The van der Waals surface area contributed by atoms with E-state index in [4.69, 9.17) is 10.8 Å². The predicted octanol–water partition coefficient (Wildman–Crippen LogP) is 2.86. The van der Waals surface area contributed by atoms with E-state index in [1.807, 2.05) is 30.3 Å². The second-order valence-electron chi connectivity index (χ2n) is 2.96. The topological polar surface area (TPSA) is 18.5 Å². The van der Waals surface area contributed by atoms with Crippen LogP contribution in [0.1, 0.15) is 1.37 Å². The molecule has 14 heavy (non-hydrogen) atoms.